The second-order valence-corrected chi connectivity index (χ2v) is 7.82. The summed E-state index contributed by atoms with van der Waals surface area (Å²) in [7, 11) is 0. The molecule has 2 N–H and O–H groups in total. The van der Waals surface area contributed by atoms with Crippen LogP contribution >= 0.6 is 11.6 Å². The lowest BCUT2D eigenvalue weighted by atomic mass is 9.91. The minimum absolute atomic E-state index is 0.176. The molecule has 0 aliphatic carbocycles. The molecule has 0 spiro atoms. The summed E-state index contributed by atoms with van der Waals surface area (Å²) in [5.74, 6) is 0. The van der Waals surface area contributed by atoms with Gasteiger partial charge in [0.1, 0.15) is 42.6 Å². The van der Waals surface area contributed by atoms with E-state index >= 15 is 0 Å². The number of rotatable bonds is 2. The molecule has 0 unspecified atom stereocenters. The van der Waals surface area contributed by atoms with Crippen molar-refractivity contribution in [1.82, 2.24) is 14.5 Å². The molecule has 1 saturated heterocycles. The first-order chi connectivity index (χ1) is 14.0. The summed E-state index contributed by atoms with van der Waals surface area (Å²) < 4.78 is 27.8. The fourth-order valence-electron chi connectivity index (χ4n) is 4.18. The maximum Gasteiger partial charge on any atom is 0.164 e. The fraction of sp³-hybridized carbons (Fsp3) is 0.400. The Hall–Kier alpha value is -2.10. The van der Waals surface area contributed by atoms with Gasteiger partial charge in [-0.05, 0) is 36.2 Å². The van der Waals surface area contributed by atoms with Crippen LogP contribution in [0.2, 0.25) is 5.02 Å². The third kappa shape index (κ3) is 2.94. The van der Waals surface area contributed by atoms with Gasteiger partial charge in [-0.3, -0.25) is 0 Å². The first-order valence-corrected chi connectivity index (χ1v) is 9.68. The number of fused-ring (bicyclic) bond motifs is 2. The highest BCUT2D eigenvalue weighted by molar-refractivity contribution is 6.30. The van der Waals surface area contributed by atoms with Gasteiger partial charge in [0.05, 0.1) is 12.3 Å². The first-order valence-electron chi connectivity index (χ1n) is 9.30. The Labute approximate surface area is 170 Å². The Morgan fingerprint density at radius 2 is 2.00 bits per heavy atom. The van der Waals surface area contributed by atoms with Gasteiger partial charge in [0, 0.05) is 16.6 Å². The van der Waals surface area contributed by atoms with E-state index < -0.39 is 36.8 Å². The van der Waals surface area contributed by atoms with E-state index in [0.717, 1.165) is 11.1 Å². The van der Waals surface area contributed by atoms with Crippen LogP contribution in [0.5, 0.6) is 0 Å². The highest BCUT2D eigenvalue weighted by atomic mass is 35.5. The van der Waals surface area contributed by atoms with Crippen LogP contribution < -0.4 is 0 Å². The van der Waals surface area contributed by atoms with Crippen molar-refractivity contribution in [3.05, 3.63) is 58.6 Å². The number of ether oxygens (including phenoxy) is 2. The maximum atomic E-state index is 14.3. The van der Waals surface area contributed by atoms with Crippen molar-refractivity contribution in [2.24, 2.45) is 0 Å². The number of nitrogens with zero attached hydrogens (tertiary/aromatic N) is 3. The van der Waals surface area contributed by atoms with Crippen molar-refractivity contribution < 1.29 is 24.1 Å². The van der Waals surface area contributed by atoms with Crippen molar-refractivity contribution in [3.63, 3.8) is 0 Å². The maximum absolute atomic E-state index is 14.3. The number of benzene rings is 1. The molecule has 29 heavy (non-hydrogen) atoms. The standard InChI is InChI=1S/C20H19ClFN3O4/c1-9-11-4-5-25(19(11)24-8-23-9)20-16(27)15(26)18(29-20)17-12-3-2-10(21)6-13(12)14(22)7-28-17/h2-6,8,14-18,20,26-27H,7H2,1H3/t14-,15+,16-,17-,18+,20-/m1/s1. The molecule has 4 heterocycles. The molecule has 0 amide bonds. The zero-order valence-electron chi connectivity index (χ0n) is 15.4. The monoisotopic (exact) mass is 419 g/mol. The summed E-state index contributed by atoms with van der Waals surface area (Å²) >= 11 is 6.02. The van der Waals surface area contributed by atoms with Crippen molar-refractivity contribution in [2.75, 3.05) is 6.61 Å². The normalized spacial score (nSPS) is 31.9. The van der Waals surface area contributed by atoms with Gasteiger partial charge >= 0.3 is 0 Å². The number of aliphatic hydroxyl groups excluding tert-OH is 2. The van der Waals surface area contributed by atoms with E-state index in [9.17, 15) is 14.6 Å². The SMILES string of the molecule is Cc1ncnc2c1ccn2[C@@H]1O[C@H]([C@@H]2OC[C@@H](F)c3cc(Cl)ccc32)[C@@H](O)[C@H]1O. The molecule has 7 nitrogen and oxygen atoms in total. The van der Waals surface area contributed by atoms with Crippen LogP contribution in [0.4, 0.5) is 4.39 Å². The third-order valence-corrected chi connectivity index (χ3v) is 5.91. The lowest BCUT2D eigenvalue weighted by Crippen LogP contribution is -2.38. The van der Waals surface area contributed by atoms with Gasteiger partial charge in [-0.2, -0.15) is 0 Å². The van der Waals surface area contributed by atoms with E-state index in [1.54, 1.807) is 29.0 Å². The van der Waals surface area contributed by atoms with E-state index in [4.69, 9.17) is 21.1 Å². The summed E-state index contributed by atoms with van der Waals surface area (Å²) in [6.07, 6.45) is -3.07. The number of hydrogen-bond donors (Lipinski definition) is 2. The van der Waals surface area contributed by atoms with Crippen molar-refractivity contribution in [3.8, 4) is 0 Å². The predicted octanol–water partition coefficient (Wildman–Crippen LogP) is 2.79. The van der Waals surface area contributed by atoms with Gasteiger partial charge in [-0.1, -0.05) is 17.7 Å². The Balaban J connectivity index is 1.51. The van der Waals surface area contributed by atoms with Crippen LogP contribution in [0, 0.1) is 6.92 Å². The Kier molecular flexibility index (Phi) is 4.56. The second-order valence-electron chi connectivity index (χ2n) is 7.39. The number of halogens is 2. The lowest BCUT2D eigenvalue weighted by Gasteiger charge is -2.33. The quantitative estimate of drug-likeness (QED) is 0.664. The summed E-state index contributed by atoms with van der Waals surface area (Å²) in [6.45, 7) is 1.69. The van der Waals surface area contributed by atoms with Gasteiger partial charge in [-0.25, -0.2) is 14.4 Å². The summed E-state index contributed by atoms with van der Waals surface area (Å²) in [4.78, 5) is 8.45. The largest absolute Gasteiger partial charge is 0.387 e. The van der Waals surface area contributed by atoms with Crippen LogP contribution in [-0.4, -0.2) is 49.7 Å². The van der Waals surface area contributed by atoms with Crippen molar-refractivity contribution >= 4 is 22.6 Å². The zero-order chi connectivity index (χ0) is 20.3. The molecule has 2 aromatic heterocycles. The Bertz CT molecular complexity index is 1080. The van der Waals surface area contributed by atoms with Gasteiger partial charge in [0.25, 0.3) is 0 Å². The van der Waals surface area contributed by atoms with E-state index in [-0.39, 0.29) is 6.61 Å². The highest BCUT2D eigenvalue weighted by Gasteiger charge is 2.50. The summed E-state index contributed by atoms with van der Waals surface area (Å²) in [5.41, 5.74) is 2.36. The topological polar surface area (TPSA) is 89.6 Å². The molecule has 2 aliphatic rings. The summed E-state index contributed by atoms with van der Waals surface area (Å²) in [6, 6.07) is 6.71. The predicted molar refractivity (Wildman–Crippen MR) is 102 cm³/mol. The number of alkyl halides is 1. The van der Waals surface area contributed by atoms with Crippen molar-refractivity contribution in [1.29, 1.82) is 0 Å². The molecule has 0 saturated carbocycles. The van der Waals surface area contributed by atoms with E-state index in [0.29, 0.717) is 21.8 Å². The fourth-order valence-corrected chi connectivity index (χ4v) is 4.36. The lowest BCUT2D eigenvalue weighted by molar-refractivity contribution is -0.124. The minimum Gasteiger partial charge on any atom is -0.387 e. The van der Waals surface area contributed by atoms with Crippen LogP contribution in [0.1, 0.15) is 35.3 Å². The van der Waals surface area contributed by atoms with Crippen LogP contribution in [0.15, 0.2) is 36.8 Å². The van der Waals surface area contributed by atoms with Crippen LogP contribution in [-0.2, 0) is 9.47 Å². The first kappa shape index (κ1) is 18.9. The molecular weight excluding hydrogens is 401 g/mol. The van der Waals surface area contributed by atoms with Gasteiger partial charge in [0.15, 0.2) is 6.23 Å². The molecule has 0 bridgehead atoms. The van der Waals surface area contributed by atoms with Crippen LogP contribution in [0.25, 0.3) is 11.0 Å². The molecule has 3 aromatic rings. The highest BCUT2D eigenvalue weighted by Crippen LogP contribution is 2.44. The van der Waals surface area contributed by atoms with E-state index in [2.05, 4.69) is 9.97 Å². The molecule has 9 heteroatoms. The number of aromatic nitrogens is 3. The minimum atomic E-state index is -1.31. The van der Waals surface area contributed by atoms with Gasteiger partial charge in [-0.15, -0.1) is 0 Å². The number of aliphatic hydroxyl groups is 2. The molecule has 1 aromatic carbocycles. The van der Waals surface area contributed by atoms with Gasteiger partial charge < -0.3 is 24.3 Å². The van der Waals surface area contributed by atoms with E-state index in [1.165, 1.54) is 6.33 Å². The Morgan fingerprint density at radius 3 is 2.83 bits per heavy atom. The van der Waals surface area contributed by atoms with Crippen molar-refractivity contribution in [2.45, 2.75) is 43.7 Å². The van der Waals surface area contributed by atoms with E-state index in [1.807, 2.05) is 13.0 Å². The number of hydrogen-bond acceptors (Lipinski definition) is 6. The zero-order valence-corrected chi connectivity index (χ0v) is 16.2. The second kappa shape index (κ2) is 7.00. The average Bonchev–Trinajstić information content (AvgIpc) is 3.26. The molecular formula is C20H19ClFN3O4. The number of aryl methyl sites for hydroxylation is 1. The average molecular weight is 420 g/mol. The molecule has 2 aliphatic heterocycles. The summed E-state index contributed by atoms with van der Waals surface area (Å²) in [5, 5.41) is 22.7. The van der Waals surface area contributed by atoms with Gasteiger partial charge in [0.2, 0.25) is 0 Å². The van der Waals surface area contributed by atoms with Crippen LogP contribution in [0.3, 0.4) is 0 Å². The smallest absolute Gasteiger partial charge is 0.164 e. The molecule has 152 valence electrons. The molecule has 5 rings (SSSR count). The Morgan fingerprint density at radius 1 is 1.17 bits per heavy atom. The molecule has 0 radical (unpaired) electrons. The molecule has 1 fully saturated rings. The third-order valence-electron chi connectivity index (χ3n) is 5.67. The molecule has 6 atom stereocenters.